The number of aliphatic hydroxyl groups excluding tert-OH is 1. The monoisotopic (exact) mass is 309 g/mol. The van der Waals surface area contributed by atoms with E-state index in [9.17, 15) is 26.3 Å². The van der Waals surface area contributed by atoms with E-state index in [1.807, 2.05) is 0 Å². The molecule has 0 unspecified atom stereocenters. The Bertz CT molecular complexity index is 433. The van der Waals surface area contributed by atoms with Gasteiger partial charge >= 0.3 is 12.4 Å². The molecule has 0 aromatic carbocycles. The van der Waals surface area contributed by atoms with Crippen molar-refractivity contribution in [2.75, 3.05) is 0 Å². The Balaban J connectivity index is 3.04. The molecule has 3 nitrogen and oxygen atoms in total. The highest BCUT2D eigenvalue weighted by Crippen LogP contribution is 2.36. The smallest absolute Gasteiger partial charge is 0.434 e. The van der Waals surface area contributed by atoms with Gasteiger partial charge in [0, 0.05) is 17.8 Å². The van der Waals surface area contributed by atoms with Gasteiger partial charge in [0.15, 0.2) is 0 Å². The normalized spacial score (nSPS) is 12.9. The van der Waals surface area contributed by atoms with Crippen LogP contribution in [0, 0.1) is 0 Å². The topological polar surface area (TPSA) is 42.4 Å². The molecule has 0 fully saturated rings. The average molecular weight is 310 g/mol. The van der Waals surface area contributed by atoms with Crippen molar-refractivity contribution in [3.8, 4) is 5.88 Å². The van der Waals surface area contributed by atoms with Gasteiger partial charge in [0.25, 0.3) is 6.10 Å². The van der Waals surface area contributed by atoms with Gasteiger partial charge in [-0.3, -0.25) is 0 Å². The molecule has 0 aliphatic heterocycles. The van der Waals surface area contributed by atoms with E-state index in [1.165, 1.54) is 0 Å². The fourth-order valence-corrected chi connectivity index (χ4v) is 1.25. The van der Waals surface area contributed by atoms with Crippen LogP contribution < -0.4 is 4.74 Å². The number of aromatic nitrogens is 1. The van der Waals surface area contributed by atoms with E-state index in [0.717, 1.165) is 6.20 Å². The maximum Gasteiger partial charge on any atom is 0.434 e. The maximum atomic E-state index is 12.2. The van der Waals surface area contributed by atoms with Crippen LogP contribution in [0.5, 0.6) is 5.88 Å². The number of hydrogen-bond donors (Lipinski definition) is 1. The lowest BCUT2D eigenvalue weighted by molar-refractivity contribution is -0.300. The molecule has 10 heteroatoms. The molecule has 0 aliphatic carbocycles. The van der Waals surface area contributed by atoms with E-state index < -0.39 is 30.9 Å². The molecule has 19 heavy (non-hydrogen) atoms. The van der Waals surface area contributed by atoms with Gasteiger partial charge < -0.3 is 9.84 Å². The zero-order chi connectivity index (χ0) is 14.8. The lowest BCUT2D eigenvalue weighted by Crippen LogP contribution is -2.46. The van der Waals surface area contributed by atoms with Crippen LogP contribution in [0.3, 0.4) is 0 Å². The summed E-state index contributed by atoms with van der Waals surface area (Å²) >= 11 is 5.49. The summed E-state index contributed by atoms with van der Waals surface area (Å²) in [4.78, 5) is 3.19. The highest BCUT2D eigenvalue weighted by molar-refractivity contribution is 6.31. The molecule has 0 bridgehead atoms. The second kappa shape index (κ2) is 5.41. The van der Waals surface area contributed by atoms with Gasteiger partial charge in [-0.1, -0.05) is 11.6 Å². The van der Waals surface area contributed by atoms with Crippen LogP contribution in [-0.2, 0) is 6.61 Å². The number of rotatable bonds is 3. The molecule has 1 heterocycles. The molecular weight excluding hydrogens is 304 g/mol. The molecule has 1 N–H and O–H groups in total. The number of hydrogen-bond acceptors (Lipinski definition) is 3. The van der Waals surface area contributed by atoms with Crippen LogP contribution in [0.2, 0.25) is 5.02 Å². The summed E-state index contributed by atoms with van der Waals surface area (Å²) in [6, 6.07) is 0.701. The molecule has 108 valence electrons. The molecule has 0 atom stereocenters. The molecule has 0 saturated carbocycles. The van der Waals surface area contributed by atoms with Crippen LogP contribution in [0.1, 0.15) is 5.56 Å². The van der Waals surface area contributed by atoms with Crippen molar-refractivity contribution in [3.63, 3.8) is 0 Å². The number of aliphatic hydroxyl groups is 1. The van der Waals surface area contributed by atoms with Crippen LogP contribution in [-0.4, -0.2) is 28.5 Å². The largest absolute Gasteiger partial charge is 0.455 e. The summed E-state index contributed by atoms with van der Waals surface area (Å²) < 4.78 is 77.1. The number of ether oxygens (including phenoxy) is 1. The second-order valence-electron chi connectivity index (χ2n) is 3.35. The molecule has 0 saturated heterocycles. The number of pyridine rings is 1. The number of halogens is 7. The minimum Gasteiger partial charge on any atom is -0.455 e. The Labute approximate surface area is 107 Å². The Kier molecular flexibility index (Phi) is 4.51. The molecule has 0 aliphatic rings. The fourth-order valence-electron chi connectivity index (χ4n) is 1.08. The van der Waals surface area contributed by atoms with E-state index >= 15 is 0 Å². The first-order chi connectivity index (χ1) is 8.55. The summed E-state index contributed by atoms with van der Waals surface area (Å²) in [6.45, 7) is -0.680. The Hall–Kier alpha value is -1.22. The standard InChI is InChI=1S/C9H6ClF6NO2/c10-5-2-17-6(1-4(5)3-18)19-7(8(11,12)13)9(14,15)16/h1-2,7,18H,3H2. The molecule has 0 radical (unpaired) electrons. The van der Waals surface area contributed by atoms with Gasteiger partial charge in [0.1, 0.15) is 0 Å². The molecular formula is C9H6ClF6NO2. The summed E-state index contributed by atoms with van der Waals surface area (Å²) in [7, 11) is 0. The van der Waals surface area contributed by atoms with Crippen molar-refractivity contribution in [2.45, 2.75) is 25.1 Å². The minimum atomic E-state index is -5.64. The van der Waals surface area contributed by atoms with Crippen LogP contribution in [0.4, 0.5) is 26.3 Å². The van der Waals surface area contributed by atoms with Crippen LogP contribution in [0.15, 0.2) is 12.3 Å². The van der Waals surface area contributed by atoms with Crippen molar-refractivity contribution in [1.82, 2.24) is 4.98 Å². The first-order valence-electron chi connectivity index (χ1n) is 4.61. The van der Waals surface area contributed by atoms with Crippen molar-refractivity contribution in [1.29, 1.82) is 0 Å². The first-order valence-corrected chi connectivity index (χ1v) is 4.99. The fraction of sp³-hybridized carbons (Fsp3) is 0.444. The highest BCUT2D eigenvalue weighted by Gasteiger charge is 2.59. The number of nitrogens with zero attached hydrogens (tertiary/aromatic N) is 1. The third-order valence-corrected chi connectivity index (χ3v) is 2.25. The average Bonchev–Trinajstić information content (AvgIpc) is 2.24. The summed E-state index contributed by atoms with van der Waals surface area (Å²) in [6.07, 6.45) is -14.5. The van der Waals surface area contributed by atoms with Crippen molar-refractivity contribution in [3.05, 3.63) is 22.8 Å². The van der Waals surface area contributed by atoms with Gasteiger partial charge in [-0.05, 0) is 0 Å². The van der Waals surface area contributed by atoms with Gasteiger partial charge in [-0.2, -0.15) is 26.3 Å². The third-order valence-electron chi connectivity index (χ3n) is 1.91. The van der Waals surface area contributed by atoms with Crippen LogP contribution in [0.25, 0.3) is 0 Å². The predicted octanol–water partition coefficient (Wildman–Crippen LogP) is 3.10. The molecule has 1 rings (SSSR count). The summed E-state index contributed by atoms with van der Waals surface area (Å²) in [5.41, 5.74) is -0.102. The third kappa shape index (κ3) is 4.13. The van der Waals surface area contributed by atoms with E-state index in [1.54, 1.807) is 0 Å². The maximum absolute atomic E-state index is 12.2. The quantitative estimate of drug-likeness (QED) is 0.873. The molecule has 0 amide bonds. The van der Waals surface area contributed by atoms with Gasteiger partial charge in [-0.25, -0.2) is 4.98 Å². The Morgan fingerprint density at radius 3 is 2.16 bits per heavy atom. The van der Waals surface area contributed by atoms with E-state index in [2.05, 4.69) is 9.72 Å². The summed E-state index contributed by atoms with van der Waals surface area (Å²) in [5, 5.41) is 8.68. The van der Waals surface area contributed by atoms with Crippen molar-refractivity contribution < 1.29 is 36.2 Å². The van der Waals surface area contributed by atoms with Gasteiger partial charge in [0.2, 0.25) is 5.88 Å². The van der Waals surface area contributed by atoms with Gasteiger partial charge in [0.05, 0.1) is 11.6 Å². The first kappa shape index (κ1) is 15.8. The molecule has 1 aromatic heterocycles. The highest BCUT2D eigenvalue weighted by atomic mass is 35.5. The Morgan fingerprint density at radius 1 is 1.21 bits per heavy atom. The predicted molar refractivity (Wildman–Crippen MR) is 51.7 cm³/mol. The summed E-state index contributed by atoms with van der Waals surface area (Å²) in [5.74, 6) is -0.937. The van der Waals surface area contributed by atoms with E-state index in [0.29, 0.717) is 6.07 Å². The second-order valence-corrected chi connectivity index (χ2v) is 3.76. The molecule has 0 spiro atoms. The SMILES string of the molecule is OCc1cc(OC(C(F)(F)F)C(F)(F)F)ncc1Cl. The zero-order valence-electron chi connectivity index (χ0n) is 8.89. The number of alkyl halides is 6. The van der Waals surface area contributed by atoms with Crippen molar-refractivity contribution in [2.24, 2.45) is 0 Å². The zero-order valence-corrected chi connectivity index (χ0v) is 9.64. The van der Waals surface area contributed by atoms with Crippen molar-refractivity contribution >= 4 is 11.6 Å². The van der Waals surface area contributed by atoms with Crippen LogP contribution >= 0.6 is 11.6 Å². The van der Waals surface area contributed by atoms with E-state index in [-0.39, 0.29) is 10.6 Å². The Morgan fingerprint density at radius 2 is 1.74 bits per heavy atom. The van der Waals surface area contributed by atoms with Gasteiger partial charge in [-0.15, -0.1) is 0 Å². The molecule has 1 aromatic rings. The minimum absolute atomic E-state index is 0.102. The lowest BCUT2D eigenvalue weighted by atomic mass is 10.3. The lowest BCUT2D eigenvalue weighted by Gasteiger charge is -2.23. The van der Waals surface area contributed by atoms with E-state index in [4.69, 9.17) is 16.7 Å².